The lowest BCUT2D eigenvalue weighted by molar-refractivity contribution is -0.117. The SMILES string of the molecule is Cc1ccc(C(=O)N(CC(=O)Nc2cc(N3CCN(C(=O)NC(C)C)CC3)ccc2Cl)C(C)C)cc1. The molecule has 1 aliphatic heterocycles. The number of nitrogens with one attached hydrogen (secondary N) is 2. The second-order valence-electron chi connectivity index (χ2n) is 9.68. The van der Waals surface area contributed by atoms with Gasteiger partial charge in [-0.1, -0.05) is 29.3 Å². The van der Waals surface area contributed by atoms with Crippen LogP contribution in [0.4, 0.5) is 16.2 Å². The van der Waals surface area contributed by atoms with Crippen molar-refractivity contribution in [3.63, 3.8) is 0 Å². The highest BCUT2D eigenvalue weighted by molar-refractivity contribution is 6.33. The summed E-state index contributed by atoms with van der Waals surface area (Å²) in [7, 11) is 0. The van der Waals surface area contributed by atoms with Gasteiger partial charge in [0.1, 0.15) is 6.54 Å². The Morgan fingerprint density at radius 3 is 2.19 bits per heavy atom. The van der Waals surface area contributed by atoms with E-state index in [2.05, 4.69) is 15.5 Å². The Hall–Kier alpha value is -3.26. The van der Waals surface area contributed by atoms with Crippen molar-refractivity contribution in [2.75, 3.05) is 42.9 Å². The summed E-state index contributed by atoms with van der Waals surface area (Å²) in [6.07, 6.45) is 0. The number of urea groups is 1. The first-order valence-corrected chi connectivity index (χ1v) is 12.7. The highest BCUT2D eigenvalue weighted by Gasteiger charge is 2.24. The average Bonchev–Trinajstić information content (AvgIpc) is 2.83. The summed E-state index contributed by atoms with van der Waals surface area (Å²) < 4.78 is 0. The Morgan fingerprint density at radius 2 is 1.61 bits per heavy atom. The fourth-order valence-corrected chi connectivity index (χ4v) is 4.17. The third-order valence-corrected chi connectivity index (χ3v) is 6.39. The number of halogens is 1. The Kier molecular flexibility index (Phi) is 9.20. The molecule has 0 aromatic heterocycles. The van der Waals surface area contributed by atoms with E-state index < -0.39 is 0 Å². The summed E-state index contributed by atoms with van der Waals surface area (Å²) in [6, 6.07) is 12.7. The Balaban J connectivity index is 1.64. The highest BCUT2D eigenvalue weighted by Crippen LogP contribution is 2.28. The van der Waals surface area contributed by atoms with E-state index in [9.17, 15) is 14.4 Å². The van der Waals surface area contributed by atoms with Crippen molar-refractivity contribution in [1.29, 1.82) is 0 Å². The predicted octanol–water partition coefficient (Wildman–Crippen LogP) is 4.38. The van der Waals surface area contributed by atoms with Crippen LogP contribution >= 0.6 is 11.6 Å². The van der Waals surface area contributed by atoms with Gasteiger partial charge in [-0.2, -0.15) is 0 Å². The summed E-state index contributed by atoms with van der Waals surface area (Å²) in [5.41, 5.74) is 3.01. The van der Waals surface area contributed by atoms with Gasteiger partial charge in [-0.25, -0.2) is 4.79 Å². The number of piperazine rings is 1. The molecule has 9 heteroatoms. The van der Waals surface area contributed by atoms with Crippen molar-refractivity contribution in [2.45, 2.75) is 46.7 Å². The van der Waals surface area contributed by atoms with Crippen molar-refractivity contribution >= 4 is 40.8 Å². The van der Waals surface area contributed by atoms with Crippen LogP contribution in [0.2, 0.25) is 5.02 Å². The zero-order valence-electron chi connectivity index (χ0n) is 21.7. The maximum absolute atomic E-state index is 13.0. The molecule has 1 heterocycles. The molecule has 0 aliphatic carbocycles. The minimum Gasteiger partial charge on any atom is -0.368 e. The van der Waals surface area contributed by atoms with Crippen molar-refractivity contribution in [2.24, 2.45) is 0 Å². The molecule has 194 valence electrons. The molecular weight excluding hydrogens is 478 g/mol. The van der Waals surface area contributed by atoms with Gasteiger partial charge in [0.15, 0.2) is 0 Å². The molecule has 0 spiro atoms. The quantitative estimate of drug-likeness (QED) is 0.575. The van der Waals surface area contributed by atoms with Gasteiger partial charge >= 0.3 is 6.03 Å². The van der Waals surface area contributed by atoms with Gasteiger partial charge in [0, 0.05) is 49.5 Å². The van der Waals surface area contributed by atoms with E-state index in [1.54, 1.807) is 28.0 Å². The standard InChI is InChI=1S/C27H36ClN5O3/c1-18(2)29-27(36)32-14-12-31(13-15-32)22-10-11-23(28)24(16-22)30-25(34)17-33(19(3)4)26(35)21-8-6-20(5)7-9-21/h6-11,16,18-19H,12-15,17H2,1-5H3,(H,29,36)(H,30,34). The number of anilines is 2. The van der Waals surface area contributed by atoms with Crippen LogP contribution < -0.4 is 15.5 Å². The first-order chi connectivity index (χ1) is 17.0. The van der Waals surface area contributed by atoms with Gasteiger partial charge in [0.05, 0.1) is 10.7 Å². The number of hydrogen-bond acceptors (Lipinski definition) is 4. The highest BCUT2D eigenvalue weighted by atomic mass is 35.5. The molecule has 2 aromatic carbocycles. The normalized spacial score (nSPS) is 13.7. The molecule has 1 aliphatic rings. The number of hydrogen-bond donors (Lipinski definition) is 2. The second-order valence-corrected chi connectivity index (χ2v) is 10.1. The van der Waals surface area contributed by atoms with Gasteiger partial charge in [0.2, 0.25) is 5.91 Å². The number of carbonyl (C=O) groups excluding carboxylic acids is 3. The van der Waals surface area contributed by atoms with Crippen LogP contribution in [0.3, 0.4) is 0 Å². The molecule has 1 saturated heterocycles. The average molecular weight is 514 g/mol. The van der Waals surface area contributed by atoms with Crippen LogP contribution in [0.1, 0.15) is 43.6 Å². The second kappa shape index (κ2) is 12.1. The minimum atomic E-state index is -0.321. The van der Waals surface area contributed by atoms with Crippen LogP contribution in [0.5, 0.6) is 0 Å². The minimum absolute atomic E-state index is 0.0522. The van der Waals surface area contributed by atoms with Crippen molar-refractivity contribution < 1.29 is 14.4 Å². The van der Waals surface area contributed by atoms with E-state index in [-0.39, 0.29) is 36.5 Å². The van der Waals surface area contributed by atoms with Crippen LogP contribution in [-0.4, -0.2) is 72.5 Å². The lowest BCUT2D eigenvalue weighted by Crippen LogP contribution is -2.52. The number of benzene rings is 2. The van der Waals surface area contributed by atoms with E-state index in [0.29, 0.717) is 42.5 Å². The van der Waals surface area contributed by atoms with Crippen LogP contribution in [0.25, 0.3) is 0 Å². The van der Waals surface area contributed by atoms with Crippen molar-refractivity contribution in [3.05, 3.63) is 58.6 Å². The number of carbonyl (C=O) groups is 3. The molecule has 0 saturated carbocycles. The molecule has 2 N–H and O–H groups in total. The topological polar surface area (TPSA) is 85.0 Å². The molecule has 8 nitrogen and oxygen atoms in total. The van der Waals surface area contributed by atoms with Crippen molar-refractivity contribution in [3.8, 4) is 0 Å². The fourth-order valence-electron chi connectivity index (χ4n) is 4.01. The largest absolute Gasteiger partial charge is 0.368 e. The molecular formula is C27H36ClN5O3. The summed E-state index contributed by atoms with van der Waals surface area (Å²) >= 11 is 6.39. The van der Waals surface area contributed by atoms with Gasteiger partial charge in [0.25, 0.3) is 5.91 Å². The third kappa shape index (κ3) is 7.13. The lowest BCUT2D eigenvalue weighted by atomic mass is 10.1. The van der Waals surface area contributed by atoms with Gasteiger partial charge < -0.3 is 25.3 Å². The molecule has 4 amide bonds. The van der Waals surface area contributed by atoms with Gasteiger partial charge in [-0.3, -0.25) is 9.59 Å². The van der Waals surface area contributed by atoms with E-state index in [1.165, 1.54) is 0 Å². The molecule has 0 bridgehead atoms. The maximum Gasteiger partial charge on any atom is 0.317 e. The molecule has 0 atom stereocenters. The molecule has 36 heavy (non-hydrogen) atoms. The maximum atomic E-state index is 13.0. The summed E-state index contributed by atoms with van der Waals surface area (Å²) in [6.45, 7) is 12.1. The molecule has 0 unspecified atom stereocenters. The molecule has 1 fully saturated rings. The van der Waals surface area contributed by atoms with Gasteiger partial charge in [-0.15, -0.1) is 0 Å². The lowest BCUT2D eigenvalue weighted by Gasteiger charge is -2.36. The van der Waals surface area contributed by atoms with E-state index in [0.717, 1.165) is 11.3 Å². The zero-order valence-corrected chi connectivity index (χ0v) is 22.4. The Labute approximate surface area is 218 Å². The Bertz CT molecular complexity index is 1080. The van der Waals surface area contributed by atoms with E-state index >= 15 is 0 Å². The summed E-state index contributed by atoms with van der Waals surface area (Å²) in [4.78, 5) is 43.7. The number of amides is 4. The monoisotopic (exact) mass is 513 g/mol. The van der Waals surface area contributed by atoms with Crippen LogP contribution in [-0.2, 0) is 4.79 Å². The first-order valence-electron chi connectivity index (χ1n) is 12.3. The van der Waals surface area contributed by atoms with E-state index in [4.69, 9.17) is 11.6 Å². The third-order valence-electron chi connectivity index (χ3n) is 6.06. The summed E-state index contributed by atoms with van der Waals surface area (Å²) in [5, 5.41) is 6.22. The molecule has 3 rings (SSSR count). The van der Waals surface area contributed by atoms with Crippen LogP contribution in [0, 0.1) is 6.92 Å². The Morgan fingerprint density at radius 1 is 0.972 bits per heavy atom. The first kappa shape index (κ1) is 27.3. The number of rotatable bonds is 7. The number of aryl methyl sites for hydroxylation is 1. The van der Waals surface area contributed by atoms with Crippen LogP contribution in [0.15, 0.2) is 42.5 Å². The van der Waals surface area contributed by atoms with Gasteiger partial charge in [-0.05, 0) is 65.0 Å². The smallest absolute Gasteiger partial charge is 0.317 e. The number of nitrogens with zero attached hydrogens (tertiary/aromatic N) is 3. The molecule has 0 radical (unpaired) electrons. The van der Waals surface area contributed by atoms with Crippen molar-refractivity contribution in [1.82, 2.24) is 15.1 Å². The summed E-state index contributed by atoms with van der Waals surface area (Å²) in [5.74, 6) is -0.516. The predicted molar refractivity (Wildman–Crippen MR) is 145 cm³/mol. The fraction of sp³-hybridized carbons (Fsp3) is 0.444. The zero-order chi connectivity index (χ0) is 26.4. The molecule has 2 aromatic rings. The van der Waals surface area contributed by atoms with E-state index in [1.807, 2.05) is 58.9 Å².